The van der Waals surface area contributed by atoms with Crippen molar-refractivity contribution < 1.29 is 9.53 Å². The number of para-hydroxylation sites is 1. The van der Waals surface area contributed by atoms with Crippen LogP contribution >= 0.6 is 11.6 Å². The third-order valence-corrected chi connectivity index (χ3v) is 4.76. The Morgan fingerprint density at radius 2 is 1.55 bits per heavy atom. The molecule has 0 atom stereocenters. The van der Waals surface area contributed by atoms with E-state index in [1.165, 1.54) is 6.07 Å². The number of carbonyl (C=O) groups excluding carboxylic acids is 1. The summed E-state index contributed by atoms with van der Waals surface area (Å²) in [5, 5.41) is 7.56. The first kappa shape index (κ1) is 20.4. The van der Waals surface area contributed by atoms with Gasteiger partial charge in [0.1, 0.15) is 18.0 Å². The van der Waals surface area contributed by atoms with E-state index in [-0.39, 0.29) is 18.0 Å². The largest absolute Gasteiger partial charge is 0.457 e. The van der Waals surface area contributed by atoms with Crippen LogP contribution in [0.5, 0.6) is 11.5 Å². The van der Waals surface area contributed by atoms with Gasteiger partial charge in [0.2, 0.25) is 5.91 Å². The number of anilines is 1. The second-order valence-corrected chi connectivity index (χ2v) is 7.09. The third-order valence-electron chi connectivity index (χ3n) is 4.43. The highest BCUT2D eigenvalue weighted by molar-refractivity contribution is 6.33. The lowest BCUT2D eigenvalue weighted by Gasteiger charge is -2.10. The molecule has 4 aromatic rings. The Kier molecular flexibility index (Phi) is 6.10. The lowest BCUT2D eigenvalue weighted by atomic mass is 10.1. The zero-order valence-electron chi connectivity index (χ0n) is 16.4. The topological polar surface area (TPSA) is 73.2 Å². The molecule has 0 spiro atoms. The molecule has 0 aliphatic heterocycles. The van der Waals surface area contributed by atoms with Crippen LogP contribution in [0.3, 0.4) is 0 Å². The van der Waals surface area contributed by atoms with Gasteiger partial charge in [0.05, 0.1) is 10.7 Å². The molecule has 154 valence electrons. The molecule has 31 heavy (non-hydrogen) atoms. The number of aromatic nitrogens is 2. The molecule has 0 aliphatic carbocycles. The monoisotopic (exact) mass is 431 g/mol. The first-order valence-electron chi connectivity index (χ1n) is 9.54. The number of rotatable bonds is 6. The van der Waals surface area contributed by atoms with E-state index in [1.807, 2.05) is 42.5 Å². The van der Waals surface area contributed by atoms with Crippen LogP contribution in [0, 0.1) is 0 Å². The van der Waals surface area contributed by atoms with E-state index in [9.17, 15) is 9.59 Å². The van der Waals surface area contributed by atoms with E-state index < -0.39 is 0 Å². The normalized spacial score (nSPS) is 10.5. The summed E-state index contributed by atoms with van der Waals surface area (Å²) >= 11 is 6.21. The van der Waals surface area contributed by atoms with Crippen molar-refractivity contribution in [3.8, 4) is 22.8 Å². The number of ether oxygens (including phenoxy) is 1. The summed E-state index contributed by atoms with van der Waals surface area (Å²) in [5.41, 5.74) is 1.41. The van der Waals surface area contributed by atoms with Gasteiger partial charge in [-0.3, -0.25) is 9.59 Å². The van der Waals surface area contributed by atoms with Crippen molar-refractivity contribution in [2.45, 2.75) is 6.54 Å². The van der Waals surface area contributed by atoms with E-state index >= 15 is 0 Å². The maximum atomic E-state index is 12.5. The minimum absolute atomic E-state index is 0.223. The van der Waals surface area contributed by atoms with Crippen molar-refractivity contribution in [2.24, 2.45) is 0 Å². The maximum Gasteiger partial charge on any atom is 0.267 e. The summed E-state index contributed by atoms with van der Waals surface area (Å²) in [6.07, 6.45) is 0. The molecule has 0 fully saturated rings. The number of nitrogens with zero attached hydrogens (tertiary/aromatic N) is 2. The Hall–Kier alpha value is -3.90. The zero-order chi connectivity index (χ0) is 21.6. The molecule has 1 heterocycles. The first-order valence-corrected chi connectivity index (χ1v) is 9.92. The molecule has 0 radical (unpaired) electrons. The predicted octanol–water partition coefficient (Wildman–Crippen LogP) is 4.99. The average Bonchev–Trinajstić information content (AvgIpc) is 2.78. The molecule has 0 aliphatic rings. The highest BCUT2D eigenvalue weighted by Crippen LogP contribution is 2.25. The van der Waals surface area contributed by atoms with Gasteiger partial charge < -0.3 is 10.1 Å². The molecule has 1 amide bonds. The van der Waals surface area contributed by atoms with Crippen LogP contribution in [-0.4, -0.2) is 15.7 Å². The quantitative estimate of drug-likeness (QED) is 0.466. The van der Waals surface area contributed by atoms with Crippen molar-refractivity contribution in [3.63, 3.8) is 0 Å². The number of hydrogen-bond donors (Lipinski definition) is 1. The smallest absolute Gasteiger partial charge is 0.267 e. The Bertz CT molecular complexity index is 1260. The van der Waals surface area contributed by atoms with Crippen LogP contribution < -0.4 is 15.6 Å². The van der Waals surface area contributed by atoms with Crippen molar-refractivity contribution in [2.75, 3.05) is 5.32 Å². The molecular formula is C24H18ClN3O3. The summed E-state index contributed by atoms with van der Waals surface area (Å²) in [5.74, 6) is 1.00. The van der Waals surface area contributed by atoms with Gasteiger partial charge in [-0.15, -0.1) is 0 Å². The van der Waals surface area contributed by atoms with E-state index in [0.717, 1.165) is 10.4 Å². The van der Waals surface area contributed by atoms with Crippen molar-refractivity contribution in [1.82, 2.24) is 9.78 Å². The van der Waals surface area contributed by atoms with Gasteiger partial charge in [-0.2, -0.15) is 5.10 Å². The van der Waals surface area contributed by atoms with Crippen molar-refractivity contribution in [1.29, 1.82) is 0 Å². The lowest BCUT2D eigenvalue weighted by Crippen LogP contribution is -2.29. The fourth-order valence-corrected chi connectivity index (χ4v) is 3.17. The second kappa shape index (κ2) is 9.28. The summed E-state index contributed by atoms with van der Waals surface area (Å²) in [6, 6.07) is 26.5. The molecule has 4 rings (SSSR count). The molecule has 7 heteroatoms. The summed E-state index contributed by atoms with van der Waals surface area (Å²) < 4.78 is 6.85. The van der Waals surface area contributed by atoms with Crippen LogP contribution in [0.2, 0.25) is 5.02 Å². The molecule has 6 nitrogen and oxygen atoms in total. The van der Waals surface area contributed by atoms with E-state index in [2.05, 4.69) is 10.4 Å². The van der Waals surface area contributed by atoms with Crippen LogP contribution in [-0.2, 0) is 11.3 Å². The number of hydrogen-bond acceptors (Lipinski definition) is 4. The number of halogens is 1. The molecule has 0 unspecified atom stereocenters. The number of nitrogens with one attached hydrogen (secondary N) is 1. The number of amides is 1. The minimum atomic E-state index is -0.377. The Morgan fingerprint density at radius 1 is 0.871 bits per heavy atom. The highest BCUT2D eigenvalue weighted by atomic mass is 35.5. The molecule has 1 N–H and O–H groups in total. The van der Waals surface area contributed by atoms with Gasteiger partial charge >= 0.3 is 0 Å². The Balaban J connectivity index is 1.43. The third kappa shape index (κ3) is 5.18. The lowest BCUT2D eigenvalue weighted by molar-refractivity contribution is -0.117. The number of carbonyl (C=O) groups is 1. The zero-order valence-corrected chi connectivity index (χ0v) is 17.1. The minimum Gasteiger partial charge on any atom is -0.457 e. The van der Waals surface area contributed by atoms with Crippen molar-refractivity contribution in [3.05, 3.63) is 106 Å². The van der Waals surface area contributed by atoms with Crippen molar-refractivity contribution >= 4 is 23.2 Å². The molecule has 3 aromatic carbocycles. The van der Waals surface area contributed by atoms with Gasteiger partial charge in [0.15, 0.2) is 0 Å². The van der Waals surface area contributed by atoms with Crippen LogP contribution in [0.1, 0.15) is 0 Å². The SMILES string of the molecule is O=C(Cn1nc(-c2ccccc2Cl)ccc1=O)Nc1ccc(Oc2ccccc2)cc1. The molecule has 0 saturated carbocycles. The summed E-state index contributed by atoms with van der Waals surface area (Å²) in [6.45, 7) is -0.223. The van der Waals surface area contributed by atoms with Crippen LogP contribution in [0.25, 0.3) is 11.3 Å². The molecule has 1 aromatic heterocycles. The van der Waals surface area contributed by atoms with Gasteiger partial charge in [-0.05, 0) is 48.5 Å². The first-order chi connectivity index (χ1) is 15.1. The molecular weight excluding hydrogens is 414 g/mol. The Morgan fingerprint density at radius 3 is 2.29 bits per heavy atom. The van der Waals surface area contributed by atoms with Crippen LogP contribution in [0.15, 0.2) is 95.8 Å². The summed E-state index contributed by atoms with van der Waals surface area (Å²) in [4.78, 5) is 24.6. The number of benzene rings is 3. The van der Waals surface area contributed by atoms with Gasteiger partial charge in [0.25, 0.3) is 5.56 Å². The fourth-order valence-electron chi connectivity index (χ4n) is 2.94. The average molecular weight is 432 g/mol. The van der Waals surface area contributed by atoms with E-state index in [4.69, 9.17) is 16.3 Å². The van der Waals surface area contributed by atoms with Crippen LogP contribution in [0.4, 0.5) is 5.69 Å². The Labute approximate surface area is 183 Å². The fraction of sp³-hybridized carbons (Fsp3) is 0.0417. The van der Waals surface area contributed by atoms with Gasteiger partial charge in [-0.25, -0.2) is 4.68 Å². The van der Waals surface area contributed by atoms with Gasteiger partial charge in [0, 0.05) is 17.3 Å². The predicted molar refractivity (Wildman–Crippen MR) is 121 cm³/mol. The van der Waals surface area contributed by atoms with E-state index in [0.29, 0.717) is 27.7 Å². The standard InChI is InChI=1S/C24H18ClN3O3/c25-21-9-5-4-8-20(21)22-14-15-24(30)28(27-22)16-23(29)26-17-10-12-19(13-11-17)31-18-6-2-1-3-7-18/h1-15H,16H2,(H,26,29). The maximum absolute atomic E-state index is 12.5. The van der Waals surface area contributed by atoms with E-state index in [1.54, 1.807) is 42.5 Å². The molecule has 0 saturated heterocycles. The molecule has 0 bridgehead atoms. The highest BCUT2D eigenvalue weighted by Gasteiger charge is 2.10. The van der Waals surface area contributed by atoms with Gasteiger partial charge in [-0.1, -0.05) is 48.0 Å². The summed E-state index contributed by atoms with van der Waals surface area (Å²) in [7, 11) is 0. The second-order valence-electron chi connectivity index (χ2n) is 6.68.